The Labute approximate surface area is 109 Å². The molecule has 1 N–H and O–H groups in total. The third-order valence-corrected chi connectivity index (χ3v) is 3.67. The molecule has 5 heteroatoms. The van der Waals surface area contributed by atoms with Crippen molar-refractivity contribution >= 4 is 11.8 Å². The van der Waals surface area contributed by atoms with E-state index in [2.05, 4.69) is 0 Å². The smallest absolute Gasteiger partial charge is 0.392 e. The van der Waals surface area contributed by atoms with Crippen molar-refractivity contribution in [2.24, 2.45) is 5.92 Å². The number of hydrogen-bond acceptors (Lipinski definition) is 2. The van der Waals surface area contributed by atoms with Gasteiger partial charge < -0.3 is 5.11 Å². The van der Waals surface area contributed by atoms with Gasteiger partial charge in [0.25, 0.3) is 0 Å². The fourth-order valence-corrected chi connectivity index (χ4v) is 2.39. The number of aliphatic hydroxyl groups is 1. The van der Waals surface area contributed by atoms with Gasteiger partial charge in [0.05, 0.1) is 11.7 Å². The van der Waals surface area contributed by atoms with E-state index in [0.29, 0.717) is 6.42 Å². The molecule has 0 saturated heterocycles. The van der Waals surface area contributed by atoms with E-state index >= 15 is 0 Å². The number of benzene rings is 1. The predicted molar refractivity (Wildman–Crippen MR) is 68.7 cm³/mol. The maximum atomic E-state index is 12.4. The molecule has 1 aromatic carbocycles. The summed E-state index contributed by atoms with van der Waals surface area (Å²) < 4.78 is 37.1. The van der Waals surface area contributed by atoms with Crippen LogP contribution in [-0.2, 0) is 12.6 Å². The fraction of sp³-hybridized carbons (Fsp3) is 0.538. The summed E-state index contributed by atoms with van der Waals surface area (Å²) in [7, 11) is 0. The van der Waals surface area contributed by atoms with Gasteiger partial charge in [-0.2, -0.15) is 24.9 Å². The SMILES string of the molecule is CSCC(C)C(O)Cc1ccc(C(F)(F)F)cc1. The van der Waals surface area contributed by atoms with Crippen LogP contribution >= 0.6 is 11.8 Å². The molecule has 102 valence electrons. The first-order valence-electron chi connectivity index (χ1n) is 5.67. The van der Waals surface area contributed by atoms with Gasteiger partial charge in [-0.25, -0.2) is 0 Å². The molecule has 0 spiro atoms. The molecule has 18 heavy (non-hydrogen) atoms. The molecule has 0 saturated carbocycles. The second-order valence-corrected chi connectivity index (χ2v) is 5.31. The van der Waals surface area contributed by atoms with Crippen LogP contribution in [-0.4, -0.2) is 23.2 Å². The van der Waals surface area contributed by atoms with E-state index in [9.17, 15) is 18.3 Å². The molecule has 1 aromatic rings. The third kappa shape index (κ3) is 4.53. The van der Waals surface area contributed by atoms with Crippen LogP contribution in [0.2, 0.25) is 0 Å². The van der Waals surface area contributed by atoms with Gasteiger partial charge in [-0.1, -0.05) is 19.1 Å². The Morgan fingerprint density at radius 2 is 1.78 bits per heavy atom. The standard InChI is InChI=1S/C13H17F3OS/c1-9(8-18-2)12(17)7-10-3-5-11(6-4-10)13(14,15)16/h3-6,9,12,17H,7-8H2,1-2H3. The largest absolute Gasteiger partial charge is 0.416 e. The van der Waals surface area contributed by atoms with Gasteiger partial charge in [-0.05, 0) is 42.0 Å². The molecule has 0 aliphatic rings. The Balaban J connectivity index is 2.64. The molecule has 2 atom stereocenters. The lowest BCUT2D eigenvalue weighted by Crippen LogP contribution is -2.22. The average molecular weight is 278 g/mol. The topological polar surface area (TPSA) is 20.2 Å². The van der Waals surface area contributed by atoms with Gasteiger partial charge in [0.15, 0.2) is 0 Å². The van der Waals surface area contributed by atoms with Crippen molar-refractivity contribution in [3.63, 3.8) is 0 Å². The van der Waals surface area contributed by atoms with E-state index in [1.165, 1.54) is 12.1 Å². The number of rotatable bonds is 5. The quantitative estimate of drug-likeness (QED) is 0.888. The van der Waals surface area contributed by atoms with Gasteiger partial charge in [0.2, 0.25) is 0 Å². The van der Waals surface area contributed by atoms with Crippen molar-refractivity contribution in [3.8, 4) is 0 Å². The van der Waals surface area contributed by atoms with Crippen LogP contribution in [0.3, 0.4) is 0 Å². The van der Waals surface area contributed by atoms with Crippen LogP contribution in [0.1, 0.15) is 18.1 Å². The normalized spacial score (nSPS) is 15.4. The summed E-state index contributed by atoms with van der Waals surface area (Å²) in [5.74, 6) is 0.962. The third-order valence-electron chi connectivity index (χ3n) is 2.81. The Kier molecular flexibility index (Phi) is 5.53. The molecule has 0 bridgehead atoms. The number of halogens is 3. The van der Waals surface area contributed by atoms with E-state index in [1.807, 2.05) is 13.2 Å². The van der Waals surface area contributed by atoms with E-state index in [-0.39, 0.29) is 5.92 Å². The summed E-state index contributed by atoms with van der Waals surface area (Å²) in [6.07, 6.45) is -2.47. The monoisotopic (exact) mass is 278 g/mol. The summed E-state index contributed by atoms with van der Waals surface area (Å²) in [5.41, 5.74) is 0.0707. The molecule has 0 aromatic heterocycles. The molecule has 0 fully saturated rings. The number of aliphatic hydroxyl groups excluding tert-OH is 1. The van der Waals surface area contributed by atoms with Gasteiger partial charge in [0, 0.05) is 0 Å². The first kappa shape index (κ1) is 15.4. The lowest BCUT2D eigenvalue weighted by molar-refractivity contribution is -0.137. The fourth-order valence-electron chi connectivity index (χ4n) is 1.65. The van der Waals surface area contributed by atoms with Crippen molar-refractivity contribution in [2.75, 3.05) is 12.0 Å². The highest BCUT2D eigenvalue weighted by Crippen LogP contribution is 2.29. The molecule has 0 aliphatic heterocycles. The van der Waals surface area contributed by atoms with Crippen LogP contribution < -0.4 is 0 Å². The Bertz CT molecular complexity index is 361. The highest BCUT2D eigenvalue weighted by atomic mass is 32.2. The van der Waals surface area contributed by atoms with E-state index in [1.54, 1.807) is 11.8 Å². The highest BCUT2D eigenvalue weighted by molar-refractivity contribution is 7.98. The van der Waals surface area contributed by atoms with Crippen LogP contribution in [0.25, 0.3) is 0 Å². The maximum absolute atomic E-state index is 12.4. The molecule has 0 aliphatic carbocycles. The number of thioether (sulfide) groups is 1. The summed E-state index contributed by atoms with van der Waals surface area (Å²) >= 11 is 1.65. The van der Waals surface area contributed by atoms with E-state index in [4.69, 9.17) is 0 Å². The zero-order valence-corrected chi connectivity index (χ0v) is 11.2. The summed E-state index contributed by atoms with van der Waals surface area (Å²) in [4.78, 5) is 0. The Hall–Kier alpha value is -0.680. The summed E-state index contributed by atoms with van der Waals surface area (Å²) in [6, 6.07) is 4.97. The average Bonchev–Trinajstić information content (AvgIpc) is 2.28. The second-order valence-electron chi connectivity index (χ2n) is 4.40. The first-order valence-corrected chi connectivity index (χ1v) is 7.07. The Morgan fingerprint density at radius 3 is 2.22 bits per heavy atom. The lowest BCUT2D eigenvalue weighted by Gasteiger charge is -2.18. The highest BCUT2D eigenvalue weighted by Gasteiger charge is 2.30. The molecule has 0 radical (unpaired) electrons. The van der Waals surface area contributed by atoms with Gasteiger partial charge in [0.1, 0.15) is 0 Å². The molecule has 0 heterocycles. The van der Waals surface area contributed by atoms with Gasteiger partial charge in [-0.3, -0.25) is 0 Å². The molecule has 0 amide bonds. The van der Waals surface area contributed by atoms with Crippen LogP contribution in [0.4, 0.5) is 13.2 Å². The van der Waals surface area contributed by atoms with Gasteiger partial charge in [-0.15, -0.1) is 0 Å². The zero-order chi connectivity index (χ0) is 13.8. The van der Waals surface area contributed by atoms with Crippen molar-refractivity contribution in [2.45, 2.75) is 25.6 Å². The number of alkyl halides is 3. The molecular weight excluding hydrogens is 261 g/mol. The van der Waals surface area contributed by atoms with Crippen molar-refractivity contribution in [1.29, 1.82) is 0 Å². The van der Waals surface area contributed by atoms with E-state index in [0.717, 1.165) is 23.4 Å². The zero-order valence-electron chi connectivity index (χ0n) is 10.4. The minimum absolute atomic E-state index is 0.127. The number of hydrogen-bond donors (Lipinski definition) is 1. The molecular formula is C13H17F3OS. The van der Waals surface area contributed by atoms with Crippen LogP contribution in [0.5, 0.6) is 0 Å². The minimum Gasteiger partial charge on any atom is -0.392 e. The van der Waals surface area contributed by atoms with Crippen LogP contribution in [0.15, 0.2) is 24.3 Å². The first-order chi connectivity index (χ1) is 8.34. The lowest BCUT2D eigenvalue weighted by atomic mass is 9.98. The Morgan fingerprint density at radius 1 is 1.22 bits per heavy atom. The van der Waals surface area contributed by atoms with Crippen molar-refractivity contribution in [1.82, 2.24) is 0 Å². The van der Waals surface area contributed by atoms with Crippen LogP contribution in [0, 0.1) is 5.92 Å². The molecule has 2 unspecified atom stereocenters. The summed E-state index contributed by atoms with van der Waals surface area (Å²) in [5, 5.41) is 9.90. The summed E-state index contributed by atoms with van der Waals surface area (Å²) in [6.45, 7) is 1.94. The van der Waals surface area contributed by atoms with Crippen molar-refractivity contribution < 1.29 is 18.3 Å². The van der Waals surface area contributed by atoms with Gasteiger partial charge >= 0.3 is 6.18 Å². The molecule has 1 rings (SSSR count). The van der Waals surface area contributed by atoms with Crippen molar-refractivity contribution in [3.05, 3.63) is 35.4 Å². The maximum Gasteiger partial charge on any atom is 0.416 e. The molecule has 1 nitrogen and oxygen atoms in total. The minimum atomic E-state index is -4.30. The second kappa shape index (κ2) is 6.48. The predicted octanol–water partition coefficient (Wildman–Crippen LogP) is 3.61. The van der Waals surface area contributed by atoms with E-state index < -0.39 is 17.8 Å².